The van der Waals surface area contributed by atoms with Crippen LogP contribution in [0.4, 0.5) is 5.69 Å². The number of nitrogens with one attached hydrogen (secondary N) is 1. The average molecular weight is 442 g/mol. The fourth-order valence-electron chi connectivity index (χ4n) is 4.19. The summed E-state index contributed by atoms with van der Waals surface area (Å²) in [6, 6.07) is 18.3. The lowest BCUT2D eigenvalue weighted by Crippen LogP contribution is -2.22. The maximum absolute atomic E-state index is 3.75. The maximum atomic E-state index is 3.75. The monoisotopic (exact) mass is 441 g/mol. The Morgan fingerprint density at radius 2 is 1.24 bits per heavy atom. The van der Waals surface area contributed by atoms with Gasteiger partial charge in [0.15, 0.2) is 0 Å². The van der Waals surface area contributed by atoms with Crippen LogP contribution in [0.5, 0.6) is 0 Å². The summed E-state index contributed by atoms with van der Waals surface area (Å²) in [5, 5.41) is 3.75. The molecule has 33 heavy (non-hydrogen) atoms. The van der Waals surface area contributed by atoms with Crippen LogP contribution in [0.3, 0.4) is 0 Å². The molecule has 1 heteroatoms. The largest absolute Gasteiger partial charge is 0.382 e. The van der Waals surface area contributed by atoms with E-state index < -0.39 is 0 Å². The average Bonchev–Trinajstić information content (AvgIpc) is 2.92. The van der Waals surface area contributed by atoms with Crippen molar-refractivity contribution >= 4 is 16.8 Å². The van der Waals surface area contributed by atoms with Crippen molar-refractivity contribution in [3.63, 3.8) is 0 Å². The molecule has 0 saturated heterocycles. The van der Waals surface area contributed by atoms with Crippen LogP contribution < -0.4 is 5.32 Å². The molecule has 0 aromatic heterocycles. The SMILES string of the molecule is CC.CC.CC(c1cccc(C2=CC=CCC2)c1)[C@@H](C)Nc1cccc(C2=CC=CCC2)c1. The number of rotatable bonds is 6. The van der Waals surface area contributed by atoms with E-state index in [4.69, 9.17) is 0 Å². The second-order valence-corrected chi connectivity index (χ2v) is 8.25. The van der Waals surface area contributed by atoms with E-state index in [1.807, 2.05) is 27.7 Å². The zero-order chi connectivity index (χ0) is 24.1. The summed E-state index contributed by atoms with van der Waals surface area (Å²) < 4.78 is 0. The molecular formula is C32H43N. The summed E-state index contributed by atoms with van der Waals surface area (Å²) in [6.07, 6.45) is 17.9. The first-order valence-corrected chi connectivity index (χ1v) is 12.9. The zero-order valence-electron chi connectivity index (χ0n) is 21.6. The fraction of sp³-hybridized carbons (Fsp3) is 0.375. The minimum atomic E-state index is 0.348. The van der Waals surface area contributed by atoms with E-state index in [0.717, 1.165) is 25.7 Å². The third-order valence-electron chi connectivity index (χ3n) is 6.19. The van der Waals surface area contributed by atoms with Gasteiger partial charge in [0, 0.05) is 17.6 Å². The Morgan fingerprint density at radius 1 is 0.697 bits per heavy atom. The zero-order valence-corrected chi connectivity index (χ0v) is 21.6. The topological polar surface area (TPSA) is 12.0 Å². The lowest BCUT2D eigenvalue weighted by atomic mass is 9.89. The van der Waals surface area contributed by atoms with Gasteiger partial charge in [-0.3, -0.25) is 0 Å². The summed E-state index contributed by atoms with van der Waals surface area (Å²) in [4.78, 5) is 0. The Bertz CT molecular complexity index is 974. The summed E-state index contributed by atoms with van der Waals surface area (Å²) >= 11 is 0. The second kappa shape index (κ2) is 14.4. The van der Waals surface area contributed by atoms with E-state index in [0.29, 0.717) is 12.0 Å². The molecule has 1 N–H and O–H groups in total. The van der Waals surface area contributed by atoms with E-state index in [9.17, 15) is 0 Å². The van der Waals surface area contributed by atoms with Crippen LogP contribution in [0.15, 0.2) is 85.0 Å². The molecule has 2 atom stereocenters. The molecule has 0 amide bonds. The minimum absolute atomic E-state index is 0.348. The molecule has 0 aliphatic heterocycles. The van der Waals surface area contributed by atoms with Gasteiger partial charge in [0.1, 0.15) is 0 Å². The van der Waals surface area contributed by atoms with Crippen LogP contribution in [-0.2, 0) is 0 Å². The number of benzene rings is 2. The first-order valence-electron chi connectivity index (χ1n) is 12.9. The predicted octanol–water partition coefficient (Wildman–Crippen LogP) is 9.81. The van der Waals surface area contributed by atoms with Gasteiger partial charge >= 0.3 is 0 Å². The molecule has 0 fully saturated rings. The molecule has 0 saturated carbocycles. The van der Waals surface area contributed by atoms with Crippen LogP contribution in [0.25, 0.3) is 11.1 Å². The molecule has 2 aliphatic carbocycles. The molecule has 0 spiro atoms. The van der Waals surface area contributed by atoms with Gasteiger partial charge in [-0.25, -0.2) is 0 Å². The van der Waals surface area contributed by atoms with Gasteiger partial charge in [0.2, 0.25) is 0 Å². The fourth-order valence-corrected chi connectivity index (χ4v) is 4.19. The van der Waals surface area contributed by atoms with Crippen molar-refractivity contribution in [3.05, 3.63) is 102 Å². The van der Waals surface area contributed by atoms with E-state index >= 15 is 0 Å². The lowest BCUT2D eigenvalue weighted by molar-refractivity contribution is 0.650. The number of hydrogen-bond donors (Lipinski definition) is 1. The maximum Gasteiger partial charge on any atom is 0.0348 e. The van der Waals surface area contributed by atoms with Crippen molar-refractivity contribution < 1.29 is 0 Å². The summed E-state index contributed by atoms with van der Waals surface area (Å²) in [6.45, 7) is 12.6. The van der Waals surface area contributed by atoms with Gasteiger partial charge in [0.05, 0.1) is 0 Å². The Hall–Kier alpha value is -2.80. The predicted molar refractivity (Wildman–Crippen MR) is 150 cm³/mol. The summed E-state index contributed by atoms with van der Waals surface area (Å²) in [5.74, 6) is 0.426. The van der Waals surface area contributed by atoms with E-state index in [1.54, 1.807) is 0 Å². The van der Waals surface area contributed by atoms with Gasteiger partial charge in [-0.1, -0.05) is 107 Å². The second-order valence-electron chi connectivity index (χ2n) is 8.25. The third-order valence-corrected chi connectivity index (χ3v) is 6.19. The highest BCUT2D eigenvalue weighted by Crippen LogP contribution is 2.30. The van der Waals surface area contributed by atoms with Crippen LogP contribution in [-0.4, -0.2) is 6.04 Å². The van der Waals surface area contributed by atoms with Crippen molar-refractivity contribution in [3.8, 4) is 0 Å². The molecule has 1 nitrogen and oxygen atoms in total. The number of allylic oxidation sites excluding steroid dienone is 8. The van der Waals surface area contributed by atoms with Gasteiger partial charge in [-0.15, -0.1) is 0 Å². The molecule has 0 bridgehead atoms. The molecule has 0 radical (unpaired) electrons. The quantitative estimate of drug-likeness (QED) is 0.470. The van der Waals surface area contributed by atoms with Crippen molar-refractivity contribution in [2.75, 3.05) is 5.32 Å². The molecular weight excluding hydrogens is 398 g/mol. The molecule has 2 aromatic rings. The normalized spacial score (nSPS) is 16.2. The van der Waals surface area contributed by atoms with Crippen LogP contribution in [0, 0.1) is 0 Å². The van der Waals surface area contributed by atoms with E-state index in [2.05, 4.69) is 104 Å². The third kappa shape index (κ3) is 7.63. The van der Waals surface area contributed by atoms with E-state index in [-0.39, 0.29) is 0 Å². The highest BCUT2D eigenvalue weighted by molar-refractivity contribution is 5.71. The molecule has 176 valence electrons. The summed E-state index contributed by atoms with van der Waals surface area (Å²) in [5.41, 5.74) is 8.18. The molecule has 1 unspecified atom stereocenters. The Balaban J connectivity index is 0.000000914. The van der Waals surface area contributed by atoms with Gasteiger partial charge in [-0.05, 0) is 72.6 Å². The number of hydrogen-bond acceptors (Lipinski definition) is 1. The standard InChI is InChI=1S/C28H31N.2C2H6/c1-21(25-15-9-16-26(19-25)23-11-5-3-6-12-23)22(2)29-28-18-10-17-27(20-28)24-13-7-4-8-14-24;2*1-2/h3-5,7,9-11,13,15-22,29H,6,8,12,14H2,1-2H3;2*1-2H3/t21?,22-;;/m1../s1. The van der Waals surface area contributed by atoms with Gasteiger partial charge < -0.3 is 5.32 Å². The number of anilines is 1. The summed E-state index contributed by atoms with van der Waals surface area (Å²) in [7, 11) is 0. The van der Waals surface area contributed by atoms with Crippen molar-refractivity contribution in [2.24, 2.45) is 0 Å². The Labute approximate surface area is 203 Å². The first kappa shape index (κ1) is 26.5. The minimum Gasteiger partial charge on any atom is -0.382 e. The molecule has 2 aromatic carbocycles. The molecule has 0 heterocycles. The highest BCUT2D eigenvalue weighted by atomic mass is 14.9. The van der Waals surface area contributed by atoms with E-state index in [1.165, 1.54) is 33.5 Å². The Morgan fingerprint density at radius 3 is 1.79 bits per heavy atom. The highest BCUT2D eigenvalue weighted by Gasteiger charge is 2.16. The Kier molecular flexibility index (Phi) is 11.5. The van der Waals surface area contributed by atoms with Crippen LogP contribution in [0.2, 0.25) is 0 Å². The van der Waals surface area contributed by atoms with Gasteiger partial charge in [-0.2, -0.15) is 0 Å². The smallest absolute Gasteiger partial charge is 0.0348 e. The van der Waals surface area contributed by atoms with Crippen LogP contribution in [0.1, 0.15) is 89.8 Å². The van der Waals surface area contributed by atoms with Crippen molar-refractivity contribution in [1.29, 1.82) is 0 Å². The van der Waals surface area contributed by atoms with Crippen molar-refractivity contribution in [1.82, 2.24) is 0 Å². The van der Waals surface area contributed by atoms with Crippen molar-refractivity contribution in [2.45, 2.75) is 79.2 Å². The van der Waals surface area contributed by atoms with Crippen LogP contribution >= 0.6 is 0 Å². The molecule has 4 rings (SSSR count). The first-order chi connectivity index (χ1) is 16.2. The molecule has 2 aliphatic rings. The lowest BCUT2D eigenvalue weighted by Gasteiger charge is -2.24. The van der Waals surface area contributed by atoms with Gasteiger partial charge in [0.25, 0.3) is 0 Å².